The molecule has 106 valence electrons. The Kier molecular flexibility index (Phi) is 5.08. The van der Waals surface area contributed by atoms with E-state index in [9.17, 15) is 0 Å². The highest BCUT2D eigenvalue weighted by Crippen LogP contribution is 2.32. The maximum Gasteiger partial charge on any atom is 0.101 e. The van der Waals surface area contributed by atoms with Gasteiger partial charge in [0.1, 0.15) is 5.03 Å². The quantitative estimate of drug-likeness (QED) is 0.880. The van der Waals surface area contributed by atoms with Crippen LogP contribution in [0.2, 0.25) is 5.02 Å². The molecule has 1 heterocycles. The summed E-state index contributed by atoms with van der Waals surface area (Å²) < 4.78 is 0. The number of aromatic nitrogens is 1. The van der Waals surface area contributed by atoms with Crippen molar-refractivity contribution < 1.29 is 0 Å². The summed E-state index contributed by atoms with van der Waals surface area (Å²) in [6.07, 6.45) is 1.79. The van der Waals surface area contributed by atoms with Crippen LogP contribution in [0.3, 0.4) is 0 Å². The van der Waals surface area contributed by atoms with Crippen LogP contribution in [-0.2, 0) is 6.54 Å². The van der Waals surface area contributed by atoms with Crippen LogP contribution < -0.4 is 5.32 Å². The van der Waals surface area contributed by atoms with Gasteiger partial charge in [0, 0.05) is 23.2 Å². The van der Waals surface area contributed by atoms with Crippen LogP contribution >= 0.6 is 23.4 Å². The second kappa shape index (κ2) is 6.61. The van der Waals surface area contributed by atoms with Crippen molar-refractivity contribution in [2.75, 3.05) is 0 Å². The molecule has 0 aliphatic carbocycles. The Hall–Kier alpha value is -1.03. The van der Waals surface area contributed by atoms with E-state index in [0.29, 0.717) is 0 Å². The number of pyridine rings is 1. The van der Waals surface area contributed by atoms with Crippen LogP contribution in [0, 0.1) is 0 Å². The van der Waals surface area contributed by atoms with Gasteiger partial charge in [-0.1, -0.05) is 35.5 Å². The van der Waals surface area contributed by atoms with E-state index in [0.717, 1.165) is 21.5 Å². The van der Waals surface area contributed by atoms with Crippen LogP contribution in [0.15, 0.2) is 52.5 Å². The van der Waals surface area contributed by atoms with Gasteiger partial charge in [-0.05, 0) is 50.6 Å². The van der Waals surface area contributed by atoms with Gasteiger partial charge in [0.15, 0.2) is 0 Å². The van der Waals surface area contributed by atoms with E-state index in [2.05, 4.69) is 43.2 Å². The molecule has 2 aromatic rings. The Balaban J connectivity index is 2.06. The number of rotatable bonds is 4. The van der Waals surface area contributed by atoms with E-state index in [1.165, 1.54) is 5.56 Å². The summed E-state index contributed by atoms with van der Waals surface area (Å²) in [6.45, 7) is 7.28. The minimum Gasteiger partial charge on any atom is -0.308 e. The molecule has 0 aliphatic rings. The maximum absolute atomic E-state index is 6.35. The Morgan fingerprint density at radius 3 is 2.60 bits per heavy atom. The summed E-state index contributed by atoms with van der Waals surface area (Å²) in [5.74, 6) is 0. The summed E-state index contributed by atoms with van der Waals surface area (Å²) in [6, 6.07) is 12.1. The van der Waals surface area contributed by atoms with Crippen LogP contribution in [0.25, 0.3) is 0 Å². The molecule has 1 N–H and O–H groups in total. The highest BCUT2D eigenvalue weighted by molar-refractivity contribution is 7.99. The summed E-state index contributed by atoms with van der Waals surface area (Å²) >= 11 is 7.94. The van der Waals surface area contributed by atoms with Gasteiger partial charge in [0.2, 0.25) is 0 Å². The molecule has 0 unspecified atom stereocenters. The average Bonchev–Trinajstić information content (AvgIpc) is 2.40. The first-order valence-corrected chi connectivity index (χ1v) is 7.76. The standard InChI is InChI=1S/C16H19ClN2S/c1-16(2,3)19-11-12-7-8-14(13(17)10-12)20-15-6-4-5-9-18-15/h4-10,19H,11H2,1-3H3. The zero-order chi connectivity index (χ0) is 14.6. The van der Waals surface area contributed by atoms with Gasteiger partial charge in [-0.25, -0.2) is 4.98 Å². The zero-order valence-corrected chi connectivity index (χ0v) is 13.6. The first-order chi connectivity index (χ1) is 9.44. The molecule has 0 spiro atoms. The summed E-state index contributed by atoms with van der Waals surface area (Å²) in [5, 5.41) is 5.18. The summed E-state index contributed by atoms with van der Waals surface area (Å²) in [7, 11) is 0. The van der Waals surface area contributed by atoms with Crippen molar-refractivity contribution in [3.8, 4) is 0 Å². The van der Waals surface area contributed by atoms with Crippen molar-refractivity contribution in [3.05, 3.63) is 53.2 Å². The van der Waals surface area contributed by atoms with Crippen LogP contribution in [0.1, 0.15) is 26.3 Å². The molecular formula is C16H19ClN2S. The van der Waals surface area contributed by atoms with E-state index < -0.39 is 0 Å². The Bertz CT molecular complexity index is 564. The molecule has 2 nitrogen and oxygen atoms in total. The number of hydrogen-bond donors (Lipinski definition) is 1. The lowest BCUT2D eigenvalue weighted by Gasteiger charge is -2.20. The molecule has 0 atom stereocenters. The largest absolute Gasteiger partial charge is 0.308 e. The monoisotopic (exact) mass is 306 g/mol. The van der Waals surface area contributed by atoms with Crippen molar-refractivity contribution in [1.82, 2.24) is 10.3 Å². The SMILES string of the molecule is CC(C)(C)NCc1ccc(Sc2ccccn2)c(Cl)c1. The fourth-order valence-corrected chi connectivity index (χ4v) is 2.72. The average molecular weight is 307 g/mol. The van der Waals surface area contributed by atoms with Crippen LogP contribution in [0.4, 0.5) is 0 Å². The zero-order valence-electron chi connectivity index (χ0n) is 12.0. The lowest BCUT2D eigenvalue weighted by Crippen LogP contribution is -2.35. The Labute approximate surface area is 130 Å². The van der Waals surface area contributed by atoms with Crippen molar-refractivity contribution >= 4 is 23.4 Å². The van der Waals surface area contributed by atoms with E-state index in [4.69, 9.17) is 11.6 Å². The molecule has 0 bridgehead atoms. The van der Waals surface area contributed by atoms with Crippen LogP contribution in [-0.4, -0.2) is 10.5 Å². The normalized spacial score (nSPS) is 11.6. The summed E-state index contributed by atoms with van der Waals surface area (Å²) in [4.78, 5) is 5.33. The second-order valence-electron chi connectivity index (χ2n) is 5.64. The van der Waals surface area contributed by atoms with Crippen LogP contribution in [0.5, 0.6) is 0 Å². The fourth-order valence-electron chi connectivity index (χ4n) is 1.62. The van der Waals surface area contributed by atoms with Gasteiger partial charge in [-0.3, -0.25) is 0 Å². The minimum atomic E-state index is 0.105. The molecule has 0 aliphatic heterocycles. The van der Waals surface area contributed by atoms with Gasteiger partial charge in [0.05, 0.1) is 5.02 Å². The third-order valence-electron chi connectivity index (χ3n) is 2.67. The fraction of sp³-hybridized carbons (Fsp3) is 0.312. The van der Waals surface area contributed by atoms with E-state index in [1.807, 2.05) is 24.3 Å². The van der Waals surface area contributed by atoms with Crippen molar-refractivity contribution in [2.45, 2.75) is 42.8 Å². The maximum atomic E-state index is 6.35. The van der Waals surface area contributed by atoms with Gasteiger partial charge in [0.25, 0.3) is 0 Å². The van der Waals surface area contributed by atoms with E-state index in [1.54, 1.807) is 18.0 Å². The molecule has 2 rings (SSSR count). The molecule has 20 heavy (non-hydrogen) atoms. The number of halogens is 1. The van der Waals surface area contributed by atoms with E-state index >= 15 is 0 Å². The van der Waals surface area contributed by atoms with Crippen molar-refractivity contribution in [1.29, 1.82) is 0 Å². The van der Waals surface area contributed by atoms with E-state index in [-0.39, 0.29) is 5.54 Å². The van der Waals surface area contributed by atoms with Gasteiger partial charge >= 0.3 is 0 Å². The molecular weight excluding hydrogens is 288 g/mol. The number of nitrogens with one attached hydrogen (secondary N) is 1. The molecule has 0 radical (unpaired) electrons. The third-order valence-corrected chi connectivity index (χ3v) is 4.12. The lowest BCUT2D eigenvalue weighted by molar-refractivity contribution is 0.424. The first kappa shape index (κ1) is 15.4. The molecule has 4 heteroatoms. The number of benzene rings is 1. The number of hydrogen-bond acceptors (Lipinski definition) is 3. The highest BCUT2D eigenvalue weighted by atomic mass is 35.5. The molecule has 0 saturated heterocycles. The second-order valence-corrected chi connectivity index (χ2v) is 7.11. The minimum absolute atomic E-state index is 0.105. The predicted octanol–water partition coefficient (Wildman–Crippen LogP) is 4.77. The Morgan fingerprint density at radius 2 is 2.00 bits per heavy atom. The molecule has 1 aromatic heterocycles. The predicted molar refractivity (Wildman–Crippen MR) is 86.4 cm³/mol. The topological polar surface area (TPSA) is 24.9 Å². The number of nitrogens with zero attached hydrogens (tertiary/aromatic N) is 1. The highest BCUT2D eigenvalue weighted by Gasteiger charge is 2.10. The molecule has 0 amide bonds. The lowest BCUT2D eigenvalue weighted by atomic mass is 10.1. The molecule has 1 aromatic carbocycles. The van der Waals surface area contributed by atoms with Gasteiger partial charge < -0.3 is 5.32 Å². The van der Waals surface area contributed by atoms with Gasteiger partial charge in [-0.2, -0.15) is 0 Å². The molecule has 0 fully saturated rings. The smallest absolute Gasteiger partial charge is 0.101 e. The first-order valence-electron chi connectivity index (χ1n) is 6.56. The summed E-state index contributed by atoms with van der Waals surface area (Å²) in [5.41, 5.74) is 1.30. The third kappa shape index (κ3) is 4.82. The van der Waals surface area contributed by atoms with Crippen molar-refractivity contribution in [2.24, 2.45) is 0 Å². The van der Waals surface area contributed by atoms with Gasteiger partial charge in [-0.15, -0.1) is 0 Å². The molecule has 0 saturated carbocycles. The Morgan fingerprint density at radius 1 is 1.20 bits per heavy atom. The van der Waals surface area contributed by atoms with Crippen molar-refractivity contribution in [3.63, 3.8) is 0 Å².